The van der Waals surface area contributed by atoms with Gasteiger partial charge in [-0.15, -0.1) is 0 Å². The molecule has 0 bridgehead atoms. The summed E-state index contributed by atoms with van der Waals surface area (Å²) in [5.74, 6) is 0. The van der Waals surface area contributed by atoms with Crippen molar-refractivity contribution in [1.82, 2.24) is 0 Å². The molecule has 0 radical (unpaired) electrons. The highest BCUT2D eigenvalue weighted by Gasteiger charge is 2.12. The zero-order chi connectivity index (χ0) is 15.2. The number of aliphatic hydroxyl groups excluding tert-OH is 1. The number of hydrogen-bond donors (Lipinski definition) is 1. The van der Waals surface area contributed by atoms with E-state index in [1.807, 2.05) is 0 Å². The first-order valence-electron chi connectivity index (χ1n) is 7.79. The molecule has 1 N–H and O–H groups in total. The molecule has 2 atom stereocenters. The van der Waals surface area contributed by atoms with Gasteiger partial charge in [0, 0.05) is 0 Å². The maximum atomic E-state index is 9.72. The van der Waals surface area contributed by atoms with Crippen LogP contribution < -0.4 is 0 Å². The maximum Gasteiger partial charge on any atom is 0.131 e. The van der Waals surface area contributed by atoms with E-state index in [2.05, 4.69) is 13.8 Å². The van der Waals surface area contributed by atoms with Gasteiger partial charge in [0.15, 0.2) is 0 Å². The van der Waals surface area contributed by atoms with E-state index in [0.29, 0.717) is 0 Å². The summed E-state index contributed by atoms with van der Waals surface area (Å²) in [6.45, 7) is 4.68. The number of aliphatic hydroxyl groups is 1. The molecule has 0 aromatic heterocycles. The summed E-state index contributed by atoms with van der Waals surface area (Å²) in [6, 6.07) is 0. The van der Waals surface area contributed by atoms with Crippen LogP contribution in [0.5, 0.6) is 0 Å². The smallest absolute Gasteiger partial charge is 0.131 e. The van der Waals surface area contributed by atoms with E-state index in [1.54, 1.807) is 0 Å². The fraction of sp³-hybridized carbons (Fsp3) is 1.00. The van der Waals surface area contributed by atoms with Crippen LogP contribution in [0.15, 0.2) is 0 Å². The fourth-order valence-corrected chi connectivity index (χ4v) is 2.21. The third-order valence-electron chi connectivity index (χ3n) is 3.01. The Bertz CT molecular complexity index is 186. The van der Waals surface area contributed by atoms with Gasteiger partial charge in [0.05, 0.1) is 13.2 Å². The molecule has 0 aliphatic carbocycles. The Morgan fingerprint density at radius 2 is 1.20 bits per heavy atom. The normalized spacial score (nSPS) is 16.1. The van der Waals surface area contributed by atoms with E-state index in [4.69, 9.17) is 32.7 Å². The molecule has 3 nitrogen and oxygen atoms in total. The van der Waals surface area contributed by atoms with Crippen molar-refractivity contribution < 1.29 is 14.6 Å². The summed E-state index contributed by atoms with van der Waals surface area (Å²) in [6.07, 6.45) is 7.71. The number of unbranched alkanes of at least 4 members (excludes halogenated alkanes) is 4. The van der Waals surface area contributed by atoms with Gasteiger partial charge in [0.2, 0.25) is 0 Å². The van der Waals surface area contributed by atoms with Crippen LogP contribution in [-0.4, -0.2) is 35.6 Å². The molecule has 2 unspecified atom stereocenters. The van der Waals surface area contributed by atoms with Gasteiger partial charge in [-0.3, -0.25) is 0 Å². The molecule has 5 heteroatoms. The molecule has 0 heterocycles. The highest BCUT2D eigenvalue weighted by Crippen LogP contribution is 2.13. The Hall–Kier alpha value is 0.460. The first-order chi connectivity index (χ1) is 9.60. The molecular weight excluding hydrogens is 299 g/mol. The minimum atomic E-state index is -0.671. The van der Waals surface area contributed by atoms with Gasteiger partial charge in [-0.25, -0.2) is 0 Å². The van der Waals surface area contributed by atoms with Gasteiger partial charge in [-0.05, 0) is 25.7 Å². The van der Waals surface area contributed by atoms with Crippen molar-refractivity contribution in [3.8, 4) is 0 Å². The van der Waals surface area contributed by atoms with Crippen molar-refractivity contribution in [2.24, 2.45) is 0 Å². The first-order valence-corrected chi connectivity index (χ1v) is 8.66. The van der Waals surface area contributed by atoms with Crippen molar-refractivity contribution in [2.45, 2.75) is 82.4 Å². The van der Waals surface area contributed by atoms with E-state index in [1.165, 1.54) is 0 Å². The fourth-order valence-electron chi connectivity index (χ4n) is 1.76. The summed E-state index contributed by atoms with van der Waals surface area (Å²) in [5.41, 5.74) is -0.653. The van der Waals surface area contributed by atoms with E-state index in [-0.39, 0.29) is 24.3 Å². The molecule has 20 heavy (non-hydrogen) atoms. The molecule has 0 amide bonds. The van der Waals surface area contributed by atoms with Gasteiger partial charge in [-0.2, -0.15) is 0 Å². The average molecular weight is 329 g/mol. The summed E-state index contributed by atoms with van der Waals surface area (Å²) in [4.78, 5) is 0. The minimum Gasteiger partial charge on any atom is -0.388 e. The molecule has 0 saturated heterocycles. The van der Waals surface area contributed by atoms with E-state index in [0.717, 1.165) is 51.4 Å². The standard InChI is InChI=1S/C15H30Cl2O3/c1-3-5-7-9-14(16)19-11-13(18)12-20-15(17)10-8-6-4-2/h13-15,18H,3-12H2,1-2H3. The Labute approximate surface area is 133 Å². The van der Waals surface area contributed by atoms with Gasteiger partial charge < -0.3 is 14.6 Å². The largest absolute Gasteiger partial charge is 0.388 e. The van der Waals surface area contributed by atoms with Crippen molar-refractivity contribution in [3.05, 3.63) is 0 Å². The lowest BCUT2D eigenvalue weighted by Gasteiger charge is -2.17. The summed E-state index contributed by atoms with van der Waals surface area (Å²) >= 11 is 12.0. The molecule has 122 valence electrons. The number of ether oxygens (including phenoxy) is 2. The molecule has 0 rings (SSSR count). The second-order valence-corrected chi connectivity index (χ2v) is 6.11. The Morgan fingerprint density at radius 3 is 1.55 bits per heavy atom. The van der Waals surface area contributed by atoms with Crippen molar-refractivity contribution in [3.63, 3.8) is 0 Å². The zero-order valence-electron chi connectivity index (χ0n) is 12.8. The van der Waals surface area contributed by atoms with Crippen molar-refractivity contribution in [2.75, 3.05) is 13.2 Å². The predicted octanol–water partition coefficient (Wildman–Crippen LogP) is 4.67. The van der Waals surface area contributed by atoms with Gasteiger partial charge in [-0.1, -0.05) is 62.7 Å². The van der Waals surface area contributed by atoms with Crippen LogP contribution in [0.2, 0.25) is 0 Å². The third kappa shape index (κ3) is 13.4. The molecule has 0 aromatic rings. The maximum absolute atomic E-state index is 9.72. The lowest BCUT2D eigenvalue weighted by atomic mass is 10.2. The predicted molar refractivity (Wildman–Crippen MR) is 85.5 cm³/mol. The molecule has 0 saturated carbocycles. The molecule has 0 fully saturated rings. The van der Waals surface area contributed by atoms with Gasteiger partial charge >= 0.3 is 0 Å². The lowest BCUT2D eigenvalue weighted by Crippen LogP contribution is -2.25. The summed E-state index contributed by atoms with van der Waals surface area (Å²) < 4.78 is 10.7. The first kappa shape index (κ1) is 20.5. The van der Waals surface area contributed by atoms with Crippen LogP contribution in [0.3, 0.4) is 0 Å². The van der Waals surface area contributed by atoms with Gasteiger partial charge in [0.1, 0.15) is 17.2 Å². The number of hydrogen-bond acceptors (Lipinski definition) is 3. The topological polar surface area (TPSA) is 38.7 Å². The zero-order valence-corrected chi connectivity index (χ0v) is 14.3. The van der Waals surface area contributed by atoms with Crippen LogP contribution in [-0.2, 0) is 9.47 Å². The third-order valence-corrected chi connectivity index (χ3v) is 3.70. The number of alkyl halides is 2. The van der Waals surface area contributed by atoms with Crippen LogP contribution in [0.25, 0.3) is 0 Å². The minimum absolute atomic E-state index is 0.193. The quantitative estimate of drug-likeness (QED) is 0.372. The van der Waals surface area contributed by atoms with Crippen LogP contribution in [0.4, 0.5) is 0 Å². The van der Waals surface area contributed by atoms with Crippen molar-refractivity contribution >= 4 is 23.2 Å². The van der Waals surface area contributed by atoms with E-state index >= 15 is 0 Å². The highest BCUT2D eigenvalue weighted by molar-refractivity contribution is 6.19. The molecule has 0 aliphatic heterocycles. The number of halogens is 2. The van der Waals surface area contributed by atoms with Crippen LogP contribution in [0, 0.1) is 0 Å². The van der Waals surface area contributed by atoms with Crippen molar-refractivity contribution in [1.29, 1.82) is 0 Å². The highest BCUT2D eigenvalue weighted by atomic mass is 35.5. The Morgan fingerprint density at radius 1 is 0.800 bits per heavy atom. The SMILES string of the molecule is CCCCCC(Cl)OCC(O)COC(Cl)CCCCC. The molecular formula is C15H30Cl2O3. The average Bonchev–Trinajstić information content (AvgIpc) is 2.43. The Kier molecular flexibility index (Phi) is 14.7. The summed E-state index contributed by atoms with van der Waals surface area (Å²) in [7, 11) is 0. The number of rotatable bonds is 14. The van der Waals surface area contributed by atoms with E-state index in [9.17, 15) is 5.11 Å². The second-order valence-electron chi connectivity index (χ2n) is 5.13. The van der Waals surface area contributed by atoms with Gasteiger partial charge in [0.25, 0.3) is 0 Å². The molecule has 0 aromatic carbocycles. The van der Waals surface area contributed by atoms with E-state index < -0.39 is 6.10 Å². The second kappa shape index (κ2) is 14.4. The lowest BCUT2D eigenvalue weighted by molar-refractivity contribution is -0.0358. The molecule has 0 aliphatic rings. The Balaban J connectivity index is 3.49. The van der Waals surface area contributed by atoms with Crippen LogP contribution >= 0.6 is 23.2 Å². The summed E-state index contributed by atoms with van der Waals surface area (Å²) in [5, 5.41) is 9.72. The monoisotopic (exact) mass is 328 g/mol. The molecule has 0 spiro atoms. The van der Waals surface area contributed by atoms with Crippen LogP contribution in [0.1, 0.15) is 65.2 Å².